The summed E-state index contributed by atoms with van der Waals surface area (Å²) in [7, 11) is -3.24. The van der Waals surface area contributed by atoms with Gasteiger partial charge in [0.2, 0.25) is 10.0 Å². The number of hydrogen-bond donors (Lipinski definition) is 0. The van der Waals surface area contributed by atoms with Crippen LogP contribution in [0.3, 0.4) is 0 Å². The van der Waals surface area contributed by atoms with Crippen molar-refractivity contribution in [3.05, 3.63) is 30.1 Å². The largest absolute Gasteiger partial charge is 0.484 e. The zero-order chi connectivity index (χ0) is 21.4. The number of sulfonamides is 1. The molecule has 0 bridgehead atoms. The summed E-state index contributed by atoms with van der Waals surface area (Å²) in [6.45, 7) is 1.57. The third kappa shape index (κ3) is 4.95. The lowest BCUT2D eigenvalue weighted by Gasteiger charge is -2.48. The number of rotatable bonds is 6. The second-order valence-corrected chi connectivity index (χ2v) is 10.5. The molecule has 3 fully saturated rings. The minimum Gasteiger partial charge on any atom is -0.484 e. The van der Waals surface area contributed by atoms with Crippen molar-refractivity contribution in [2.24, 2.45) is 0 Å². The molecule has 0 radical (unpaired) electrons. The summed E-state index contributed by atoms with van der Waals surface area (Å²) in [5, 5.41) is 0. The molecule has 166 valence electrons. The topological polar surface area (TPSA) is 76.2 Å². The van der Waals surface area contributed by atoms with Crippen molar-refractivity contribution in [3.8, 4) is 5.75 Å². The van der Waals surface area contributed by atoms with Gasteiger partial charge in [0.1, 0.15) is 11.6 Å². The third-order valence-corrected chi connectivity index (χ3v) is 7.68. The maximum absolute atomic E-state index is 13.0. The van der Waals surface area contributed by atoms with Crippen LogP contribution in [0.25, 0.3) is 0 Å². The third-order valence-electron chi connectivity index (χ3n) is 6.32. The first-order valence-electron chi connectivity index (χ1n) is 10.5. The van der Waals surface area contributed by atoms with Crippen molar-refractivity contribution in [2.75, 3.05) is 32.6 Å². The molecule has 30 heavy (non-hydrogen) atoms. The lowest BCUT2D eigenvalue weighted by atomic mass is 9.82. The fourth-order valence-corrected chi connectivity index (χ4v) is 6.14. The molecule has 1 spiro atoms. The molecule has 1 amide bonds. The molecule has 1 aromatic carbocycles. The molecule has 2 aliphatic heterocycles. The van der Waals surface area contributed by atoms with Crippen LogP contribution in [0.1, 0.15) is 38.5 Å². The van der Waals surface area contributed by atoms with Gasteiger partial charge in [-0.05, 0) is 62.8 Å². The van der Waals surface area contributed by atoms with Crippen molar-refractivity contribution < 1.29 is 27.1 Å². The average Bonchev–Trinajstić information content (AvgIpc) is 3.52. The molecule has 1 aliphatic carbocycles. The van der Waals surface area contributed by atoms with Crippen LogP contribution in [-0.4, -0.2) is 73.8 Å². The first kappa shape index (κ1) is 21.5. The van der Waals surface area contributed by atoms with Crippen molar-refractivity contribution in [3.63, 3.8) is 0 Å². The molecule has 0 N–H and O–H groups in total. The molecule has 2 saturated heterocycles. The standard InChI is InChI=1S/C21H29FN2O5S/c1-30(26,27)24(17-4-5-17)18-8-13-29-21(14-18)9-11-23(12-10-21)20(25)15-28-19-6-2-16(22)3-7-19/h2-3,6-7,17-18H,4-5,8-15H2,1H3. The van der Waals surface area contributed by atoms with Gasteiger partial charge in [-0.15, -0.1) is 0 Å². The Morgan fingerprint density at radius 1 is 1.20 bits per heavy atom. The molecule has 1 atom stereocenters. The van der Waals surface area contributed by atoms with E-state index in [0.717, 1.165) is 19.3 Å². The molecule has 4 rings (SSSR count). The Morgan fingerprint density at radius 2 is 1.87 bits per heavy atom. The maximum atomic E-state index is 13.0. The predicted octanol–water partition coefficient (Wildman–Crippen LogP) is 2.17. The second-order valence-electron chi connectivity index (χ2n) is 8.63. The van der Waals surface area contributed by atoms with Crippen LogP contribution in [-0.2, 0) is 19.6 Å². The van der Waals surface area contributed by atoms with Crippen molar-refractivity contribution in [2.45, 2.75) is 56.2 Å². The fourth-order valence-electron chi connectivity index (χ4n) is 4.67. The van der Waals surface area contributed by atoms with Crippen LogP contribution in [0.15, 0.2) is 24.3 Å². The monoisotopic (exact) mass is 440 g/mol. The zero-order valence-corrected chi connectivity index (χ0v) is 18.1. The quantitative estimate of drug-likeness (QED) is 0.678. The molecular formula is C21H29FN2O5S. The molecule has 1 aromatic rings. The van der Waals surface area contributed by atoms with Gasteiger partial charge >= 0.3 is 0 Å². The van der Waals surface area contributed by atoms with Gasteiger partial charge in [0.15, 0.2) is 6.61 Å². The van der Waals surface area contributed by atoms with Gasteiger partial charge in [0, 0.05) is 31.8 Å². The van der Waals surface area contributed by atoms with E-state index in [0.29, 0.717) is 44.7 Å². The van der Waals surface area contributed by atoms with Gasteiger partial charge in [-0.3, -0.25) is 4.79 Å². The van der Waals surface area contributed by atoms with Crippen LogP contribution in [0, 0.1) is 5.82 Å². The van der Waals surface area contributed by atoms with Crippen molar-refractivity contribution >= 4 is 15.9 Å². The number of ether oxygens (including phenoxy) is 2. The lowest BCUT2D eigenvalue weighted by molar-refractivity contribution is -0.148. The minimum absolute atomic E-state index is 0.0229. The van der Waals surface area contributed by atoms with E-state index in [-0.39, 0.29) is 36.0 Å². The molecule has 1 unspecified atom stereocenters. The number of carbonyl (C=O) groups is 1. The Bertz CT molecular complexity index is 864. The van der Waals surface area contributed by atoms with Crippen LogP contribution >= 0.6 is 0 Å². The van der Waals surface area contributed by atoms with E-state index < -0.39 is 10.0 Å². The summed E-state index contributed by atoms with van der Waals surface area (Å²) in [6, 6.07) is 5.70. The van der Waals surface area contributed by atoms with E-state index in [4.69, 9.17) is 9.47 Å². The minimum atomic E-state index is -3.24. The van der Waals surface area contributed by atoms with Gasteiger partial charge in [0.25, 0.3) is 5.91 Å². The molecule has 9 heteroatoms. The van der Waals surface area contributed by atoms with Gasteiger partial charge < -0.3 is 14.4 Å². The van der Waals surface area contributed by atoms with Crippen LogP contribution in [0.4, 0.5) is 4.39 Å². The first-order valence-corrected chi connectivity index (χ1v) is 12.4. The van der Waals surface area contributed by atoms with E-state index in [1.54, 1.807) is 9.21 Å². The highest BCUT2D eigenvalue weighted by Crippen LogP contribution is 2.41. The molecule has 1 saturated carbocycles. The van der Waals surface area contributed by atoms with Gasteiger partial charge in [-0.2, -0.15) is 4.31 Å². The van der Waals surface area contributed by atoms with Gasteiger partial charge in [0.05, 0.1) is 11.9 Å². The number of hydrogen-bond acceptors (Lipinski definition) is 5. The maximum Gasteiger partial charge on any atom is 0.260 e. The average molecular weight is 441 g/mol. The first-order chi connectivity index (χ1) is 14.3. The number of halogens is 1. The lowest BCUT2D eigenvalue weighted by Crippen LogP contribution is -2.56. The Labute approximate surface area is 177 Å². The van der Waals surface area contributed by atoms with Crippen LogP contribution in [0.5, 0.6) is 5.75 Å². The molecular weight excluding hydrogens is 411 g/mol. The van der Waals surface area contributed by atoms with E-state index in [2.05, 4.69) is 0 Å². The summed E-state index contributed by atoms with van der Waals surface area (Å²) >= 11 is 0. The zero-order valence-electron chi connectivity index (χ0n) is 17.3. The van der Waals surface area contributed by atoms with Crippen molar-refractivity contribution in [1.29, 1.82) is 0 Å². The smallest absolute Gasteiger partial charge is 0.260 e. The Morgan fingerprint density at radius 3 is 2.47 bits per heavy atom. The summed E-state index contributed by atoms with van der Waals surface area (Å²) in [5.41, 5.74) is -0.366. The Hall–Kier alpha value is -1.71. The highest BCUT2D eigenvalue weighted by molar-refractivity contribution is 7.88. The molecule has 7 nitrogen and oxygen atoms in total. The number of benzene rings is 1. The normalized spacial score (nSPS) is 24.2. The Kier molecular flexibility index (Phi) is 6.05. The number of carbonyl (C=O) groups excluding carboxylic acids is 1. The van der Waals surface area contributed by atoms with E-state index in [9.17, 15) is 17.6 Å². The fraction of sp³-hybridized carbons (Fsp3) is 0.667. The summed E-state index contributed by atoms with van der Waals surface area (Å²) < 4.78 is 50.9. The number of nitrogens with zero attached hydrogens (tertiary/aromatic N) is 2. The van der Waals surface area contributed by atoms with Crippen molar-refractivity contribution in [1.82, 2.24) is 9.21 Å². The number of likely N-dealkylation sites (tertiary alicyclic amines) is 1. The van der Waals surface area contributed by atoms with Gasteiger partial charge in [-0.25, -0.2) is 12.8 Å². The highest BCUT2D eigenvalue weighted by Gasteiger charge is 2.47. The van der Waals surface area contributed by atoms with Crippen LogP contribution < -0.4 is 4.74 Å². The molecule has 0 aromatic heterocycles. The predicted molar refractivity (Wildman–Crippen MR) is 109 cm³/mol. The second kappa shape index (κ2) is 8.43. The summed E-state index contributed by atoms with van der Waals surface area (Å²) in [5.74, 6) is -0.00757. The summed E-state index contributed by atoms with van der Waals surface area (Å²) in [4.78, 5) is 14.3. The highest BCUT2D eigenvalue weighted by atomic mass is 32.2. The Balaban J connectivity index is 1.31. The molecule has 3 aliphatic rings. The van der Waals surface area contributed by atoms with E-state index >= 15 is 0 Å². The molecule has 2 heterocycles. The number of amides is 1. The summed E-state index contributed by atoms with van der Waals surface area (Å²) in [6.07, 6.45) is 5.96. The number of piperidine rings is 1. The van der Waals surface area contributed by atoms with E-state index in [1.165, 1.54) is 30.5 Å². The van der Waals surface area contributed by atoms with E-state index in [1.807, 2.05) is 0 Å². The van der Waals surface area contributed by atoms with Gasteiger partial charge in [-0.1, -0.05) is 0 Å². The SMILES string of the molecule is CS(=O)(=O)N(C1CC1)C1CCOC2(CCN(C(=O)COc3ccc(F)cc3)CC2)C1. The van der Waals surface area contributed by atoms with Crippen LogP contribution in [0.2, 0.25) is 0 Å².